The molecule has 90 valence electrons. The lowest BCUT2D eigenvalue weighted by Crippen LogP contribution is -2.01. The molecular weight excluding hydrogens is 217 g/mol. The molecule has 1 N–H and O–H groups in total. The molecule has 0 aliphatic heterocycles. The fourth-order valence-electron chi connectivity index (χ4n) is 1.66. The maximum atomic E-state index is 13.1. The molecule has 0 unspecified atom stereocenters. The zero-order valence-electron chi connectivity index (χ0n) is 10.1. The minimum Gasteiger partial charge on any atom is -0.378 e. The number of aromatic nitrogens is 2. The topological polar surface area (TPSA) is 29.9 Å². The first-order valence-corrected chi connectivity index (χ1v) is 5.70. The summed E-state index contributed by atoms with van der Waals surface area (Å²) in [5.74, 6) is -0.198. The van der Waals surface area contributed by atoms with Crippen molar-refractivity contribution < 1.29 is 4.39 Å². The van der Waals surface area contributed by atoms with E-state index in [1.807, 2.05) is 24.7 Å². The molecule has 0 radical (unpaired) electrons. The zero-order chi connectivity index (χ0) is 12.3. The minimum atomic E-state index is -0.198. The van der Waals surface area contributed by atoms with E-state index in [4.69, 9.17) is 0 Å². The normalized spacial score (nSPS) is 10.5. The second-order valence-electron chi connectivity index (χ2n) is 4.01. The van der Waals surface area contributed by atoms with E-state index in [-0.39, 0.29) is 5.82 Å². The van der Waals surface area contributed by atoms with E-state index < -0.39 is 0 Å². The molecule has 4 heteroatoms. The average Bonchev–Trinajstić information content (AvgIpc) is 2.78. The standard InChI is InChI=1S/C13H16FN3/c1-3-17-9-13(8-16-17)15-7-11-6-12(14)5-4-10(11)2/h4-6,8-9,15H,3,7H2,1-2H3. The highest BCUT2D eigenvalue weighted by Gasteiger charge is 2.01. The Kier molecular flexibility index (Phi) is 3.42. The van der Waals surface area contributed by atoms with Gasteiger partial charge in [0.1, 0.15) is 5.82 Å². The van der Waals surface area contributed by atoms with Gasteiger partial charge >= 0.3 is 0 Å². The third-order valence-electron chi connectivity index (χ3n) is 2.75. The molecule has 0 spiro atoms. The number of aryl methyl sites for hydroxylation is 2. The van der Waals surface area contributed by atoms with Crippen molar-refractivity contribution >= 4 is 5.69 Å². The van der Waals surface area contributed by atoms with Gasteiger partial charge in [0, 0.05) is 19.3 Å². The van der Waals surface area contributed by atoms with Crippen LogP contribution in [0.4, 0.5) is 10.1 Å². The first-order chi connectivity index (χ1) is 8.19. The van der Waals surface area contributed by atoms with Gasteiger partial charge in [-0.05, 0) is 37.1 Å². The molecule has 0 aliphatic carbocycles. The molecule has 2 rings (SSSR count). The number of nitrogens with one attached hydrogen (secondary N) is 1. The predicted octanol–water partition coefficient (Wildman–Crippen LogP) is 2.96. The van der Waals surface area contributed by atoms with E-state index in [0.29, 0.717) is 6.54 Å². The Morgan fingerprint density at radius 1 is 1.41 bits per heavy atom. The van der Waals surface area contributed by atoms with Crippen LogP contribution < -0.4 is 5.32 Å². The van der Waals surface area contributed by atoms with Crippen molar-refractivity contribution in [1.29, 1.82) is 0 Å². The average molecular weight is 233 g/mol. The Balaban J connectivity index is 2.04. The van der Waals surface area contributed by atoms with Crippen molar-refractivity contribution in [2.75, 3.05) is 5.32 Å². The fourth-order valence-corrected chi connectivity index (χ4v) is 1.66. The number of anilines is 1. The second-order valence-corrected chi connectivity index (χ2v) is 4.01. The van der Waals surface area contributed by atoms with Gasteiger partial charge in [0.25, 0.3) is 0 Å². The van der Waals surface area contributed by atoms with Crippen LogP contribution in [0.1, 0.15) is 18.1 Å². The minimum absolute atomic E-state index is 0.198. The van der Waals surface area contributed by atoms with Gasteiger partial charge in [-0.3, -0.25) is 4.68 Å². The molecule has 1 heterocycles. The van der Waals surface area contributed by atoms with Crippen LogP contribution in [0.2, 0.25) is 0 Å². The number of hydrogen-bond donors (Lipinski definition) is 1. The third-order valence-corrected chi connectivity index (χ3v) is 2.75. The largest absolute Gasteiger partial charge is 0.378 e. The summed E-state index contributed by atoms with van der Waals surface area (Å²) in [6.45, 7) is 5.47. The molecule has 0 aliphatic rings. The molecule has 0 saturated carbocycles. The fraction of sp³-hybridized carbons (Fsp3) is 0.308. The smallest absolute Gasteiger partial charge is 0.123 e. The molecule has 0 atom stereocenters. The highest BCUT2D eigenvalue weighted by Crippen LogP contribution is 2.13. The van der Waals surface area contributed by atoms with E-state index in [2.05, 4.69) is 10.4 Å². The van der Waals surface area contributed by atoms with Crippen molar-refractivity contribution in [3.8, 4) is 0 Å². The van der Waals surface area contributed by atoms with Gasteiger partial charge in [-0.15, -0.1) is 0 Å². The summed E-state index contributed by atoms with van der Waals surface area (Å²) in [5.41, 5.74) is 3.01. The maximum absolute atomic E-state index is 13.1. The molecule has 1 aromatic carbocycles. The number of rotatable bonds is 4. The Morgan fingerprint density at radius 3 is 2.94 bits per heavy atom. The monoisotopic (exact) mass is 233 g/mol. The molecule has 3 nitrogen and oxygen atoms in total. The van der Waals surface area contributed by atoms with Gasteiger partial charge in [0.2, 0.25) is 0 Å². The van der Waals surface area contributed by atoms with Crippen molar-refractivity contribution in [2.45, 2.75) is 26.9 Å². The van der Waals surface area contributed by atoms with Crippen LogP contribution in [-0.2, 0) is 13.1 Å². The summed E-state index contributed by atoms with van der Waals surface area (Å²) in [7, 11) is 0. The zero-order valence-corrected chi connectivity index (χ0v) is 10.1. The summed E-state index contributed by atoms with van der Waals surface area (Å²) in [4.78, 5) is 0. The van der Waals surface area contributed by atoms with Gasteiger partial charge in [-0.25, -0.2) is 4.39 Å². The molecule has 17 heavy (non-hydrogen) atoms. The van der Waals surface area contributed by atoms with Crippen LogP contribution in [0.25, 0.3) is 0 Å². The van der Waals surface area contributed by atoms with Crippen molar-refractivity contribution in [3.05, 3.63) is 47.5 Å². The van der Waals surface area contributed by atoms with Crippen LogP contribution in [0.15, 0.2) is 30.6 Å². The van der Waals surface area contributed by atoms with Crippen molar-refractivity contribution in [3.63, 3.8) is 0 Å². The Bertz CT molecular complexity index is 505. The van der Waals surface area contributed by atoms with Crippen molar-refractivity contribution in [1.82, 2.24) is 9.78 Å². The Labute approximate surface area is 100 Å². The number of halogens is 1. The van der Waals surface area contributed by atoms with Crippen LogP contribution in [0.3, 0.4) is 0 Å². The lowest BCUT2D eigenvalue weighted by molar-refractivity contribution is 0.625. The molecular formula is C13H16FN3. The summed E-state index contributed by atoms with van der Waals surface area (Å²) >= 11 is 0. The highest BCUT2D eigenvalue weighted by molar-refractivity contribution is 5.40. The Hall–Kier alpha value is -1.84. The molecule has 0 fully saturated rings. The summed E-state index contributed by atoms with van der Waals surface area (Å²) in [5, 5.41) is 7.40. The molecule has 0 saturated heterocycles. The van der Waals surface area contributed by atoms with Crippen LogP contribution in [0.5, 0.6) is 0 Å². The highest BCUT2D eigenvalue weighted by atomic mass is 19.1. The first kappa shape index (κ1) is 11.6. The SMILES string of the molecule is CCn1cc(NCc2cc(F)ccc2C)cn1. The van der Waals surface area contributed by atoms with Gasteiger partial charge in [-0.2, -0.15) is 5.10 Å². The number of hydrogen-bond acceptors (Lipinski definition) is 2. The van der Waals surface area contributed by atoms with Crippen LogP contribution in [0, 0.1) is 12.7 Å². The number of nitrogens with zero attached hydrogens (tertiary/aromatic N) is 2. The lowest BCUT2D eigenvalue weighted by atomic mass is 10.1. The van der Waals surface area contributed by atoms with E-state index in [0.717, 1.165) is 23.4 Å². The molecule has 1 aromatic heterocycles. The first-order valence-electron chi connectivity index (χ1n) is 5.70. The summed E-state index contributed by atoms with van der Waals surface area (Å²) < 4.78 is 14.9. The van der Waals surface area contributed by atoms with Gasteiger partial charge in [0.05, 0.1) is 11.9 Å². The van der Waals surface area contributed by atoms with Crippen LogP contribution in [-0.4, -0.2) is 9.78 Å². The van der Waals surface area contributed by atoms with E-state index >= 15 is 0 Å². The van der Waals surface area contributed by atoms with Crippen LogP contribution >= 0.6 is 0 Å². The summed E-state index contributed by atoms with van der Waals surface area (Å²) in [6, 6.07) is 4.84. The van der Waals surface area contributed by atoms with Gasteiger partial charge in [0.15, 0.2) is 0 Å². The second kappa shape index (κ2) is 4.99. The Morgan fingerprint density at radius 2 is 2.24 bits per heavy atom. The number of benzene rings is 1. The van der Waals surface area contributed by atoms with Gasteiger partial charge in [-0.1, -0.05) is 6.07 Å². The van der Waals surface area contributed by atoms with E-state index in [9.17, 15) is 4.39 Å². The van der Waals surface area contributed by atoms with E-state index in [1.54, 1.807) is 18.3 Å². The molecule has 0 amide bonds. The quantitative estimate of drug-likeness (QED) is 0.879. The molecule has 0 bridgehead atoms. The van der Waals surface area contributed by atoms with Crippen molar-refractivity contribution in [2.24, 2.45) is 0 Å². The molecule has 2 aromatic rings. The summed E-state index contributed by atoms with van der Waals surface area (Å²) in [6.07, 6.45) is 3.72. The van der Waals surface area contributed by atoms with Gasteiger partial charge < -0.3 is 5.32 Å². The predicted molar refractivity (Wildman–Crippen MR) is 66.4 cm³/mol. The lowest BCUT2D eigenvalue weighted by Gasteiger charge is -2.07. The third kappa shape index (κ3) is 2.84. The van der Waals surface area contributed by atoms with E-state index in [1.165, 1.54) is 6.07 Å². The maximum Gasteiger partial charge on any atom is 0.123 e.